The van der Waals surface area contributed by atoms with Gasteiger partial charge in [-0.2, -0.15) is 0 Å². The second-order valence-corrected chi connectivity index (χ2v) is 4.76. The fourth-order valence-corrected chi connectivity index (χ4v) is 2.15. The van der Waals surface area contributed by atoms with E-state index in [1.807, 2.05) is 42.8 Å². The molecule has 0 bridgehead atoms. The molecule has 1 aromatic carbocycles. The highest BCUT2D eigenvalue weighted by Crippen LogP contribution is 2.17. The predicted molar refractivity (Wildman–Crippen MR) is 77.0 cm³/mol. The Labute approximate surface area is 114 Å². The van der Waals surface area contributed by atoms with Crippen LogP contribution >= 0.6 is 0 Å². The van der Waals surface area contributed by atoms with E-state index in [0.29, 0.717) is 6.54 Å². The molecule has 19 heavy (non-hydrogen) atoms. The highest BCUT2D eigenvalue weighted by Gasteiger charge is 2.14. The van der Waals surface area contributed by atoms with E-state index in [4.69, 9.17) is 0 Å². The second-order valence-electron chi connectivity index (χ2n) is 4.76. The number of fused-ring (bicyclic) bond motifs is 1. The fourth-order valence-electron chi connectivity index (χ4n) is 2.15. The first-order valence-electron chi connectivity index (χ1n) is 6.85. The largest absolute Gasteiger partial charge is 0.344 e. The first kappa shape index (κ1) is 13.6. The van der Waals surface area contributed by atoms with Gasteiger partial charge in [-0.25, -0.2) is 4.98 Å². The molecule has 0 spiro atoms. The number of hydrogen-bond donors (Lipinski definition) is 0. The van der Waals surface area contributed by atoms with Crippen molar-refractivity contribution in [1.82, 2.24) is 14.5 Å². The van der Waals surface area contributed by atoms with E-state index in [0.717, 1.165) is 36.2 Å². The van der Waals surface area contributed by atoms with Crippen LogP contribution in [0.2, 0.25) is 0 Å². The number of imidazole rings is 1. The summed E-state index contributed by atoms with van der Waals surface area (Å²) in [6.07, 6.45) is 1.93. The number of para-hydroxylation sites is 2. The summed E-state index contributed by atoms with van der Waals surface area (Å²) in [4.78, 5) is 18.5. The first-order chi connectivity index (χ1) is 9.17. The van der Waals surface area contributed by atoms with Gasteiger partial charge in [-0.15, -0.1) is 0 Å². The topological polar surface area (TPSA) is 38.1 Å². The molecule has 0 N–H and O–H groups in total. The molecule has 4 nitrogen and oxygen atoms in total. The lowest BCUT2D eigenvalue weighted by Gasteiger charge is -2.16. The van der Waals surface area contributed by atoms with Crippen LogP contribution < -0.4 is 0 Å². The van der Waals surface area contributed by atoms with E-state index in [1.165, 1.54) is 0 Å². The molecule has 0 fully saturated rings. The Kier molecular flexibility index (Phi) is 4.20. The van der Waals surface area contributed by atoms with Gasteiger partial charge in [0.2, 0.25) is 5.91 Å². The highest BCUT2D eigenvalue weighted by molar-refractivity contribution is 5.81. The average Bonchev–Trinajstić information content (AvgIpc) is 2.76. The lowest BCUT2D eigenvalue weighted by atomic mass is 10.3. The summed E-state index contributed by atoms with van der Waals surface area (Å²) in [5.41, 5.74) is 2.02. The van der Waals surface area contributed by atoms with Crippen molar-refractivity contribution in [1.29, 1.82) is 0 Å². The summed E-state index contributed by atoms with van der Waals surface area (Å²) in [7, 11) is 1.83. The maximum atomic E-state index is 12.1. The quantitative estimate of drug-likeness (QED) is 0.827. The minimum Gasteiger partial charge on any atom is -0.344 e. The van der Waals surface area contributed by atoms with Gasteiger partial charge in [0.1, 0.15) is 12.4 Å². The molecule has 0 radical (unpaired) electrons. The van der Waals surface area contributed by atoms with Crippen molar-refractivity contribution in [3.05, 3.63) is 30.1 Å². The van der Waals surface area contributed by atoms with Gasteiger partial charge in [-0.1, -0.05) is 19.1 Å². The van der Waals surface area contributed by atoms with Crippen molar-refractivity contribution >= 4 is 16.9 Å². The molecule has 0 aliphatic rings. The van der Waals surface area contributed by atoms with Gasteiger partial charge in [0.15, 0.2) is 0 Å². The van der Waals surface area contributed by atoms with E-state index in [2.05, 4.69) is 11.9 Å². The molecule has 4 heteroatoms. The summed E-state index contributed by atoms with van der Waals surface area (Å²) in [6.45, 7) is 5.22. The number of benzene rings is 1. The maximum Gasteiger partial charge on any atom is 0.242 e. The molecule has 0 saturated heterocycles. The number of carbonyl (C=O) groups excluding carboxylic acids is 1. The number of nitrogens with zero attached hydrogens (tertiary/aromatic N) is 3. The standard InChI is InChI=1S/C15H21N3O/c1-4-8-14-16-12-9-6-7-10-13(12)18(14)11-15(19)17(3)5-2/h6-7,9-10H,4-5,8,11H2,1-3H3. The van der Waals surface area contributed by atoms with Crippen LogP contribution in [-0.4, -0.2) is 34.0 Å². The summed E-state index contributed by atoms with van der Waals surface area (Å²) in [5.74, 6) is 1.13. The second kappa shape index (κ2) is 5.87. The van der Waals surface area contributed by atoms with Crippen LogP contribution in [0, 0.1) is 0 Å². The van der Waals surface area contributed by atoms with Crippen LogP contribution in [0.4, 0.5) is 0 Å². The highest BCUT2D eigenvalue weighted by atomic mass is 16.2. The van der Waals surface area contributed by atoms with Gasteiger partial charge in [-0.05, 0) is 25.5 Å². The molecule has 102 valence electrons. The van der Waals surface area contributed by atoms with Crippen molar-refractivity contribution in [3.8, 4) is 0 Å². The Balaban J connectivity index is 2.38. The molecule has 0 saturated carbocycles. The SMILES string of the molecule is CCCc1nc2ccccc2n1CC(=O)N(C)CC. The smallest absolute Gasteiger partial charge is 0.242 e. The zero-order valence-electron chi connectivity index (χ0n) is 11.9. The predicted octanol–water partition coefficient (Wildman–Crippen LogP) is 2.47. The Morgan fingerprint density at radius 1 is 1.32 bits per heavy atom. The molecule has 2 aromatic rings. The van der Waals surface area contributed by atoms with Crippen LogP contribution in [0.25, 0.3) is 11.0 Å². The van der Waals surface area contributed by atoms with E-state index in [9.17, 15) is 4.79 Å². The third-order valence-corrected chi connectivity index (χ3v) is 3.40. The van der Waals surface area contributed by atoms with Crippen LogP contribution in [0.5, 0.6) is 0 Å². The van der Waals surface area contributed by atoms with Gasteiger partial charge in [0.25, 0.3) is 0 Å². The van der Waals surface area contributed by atoms with E-state index < -0.39 is 0 Å². The molecule has 1 aromatic heterocycles. The van der Waals surface area contributed by atoms with Gasteiger partial charge < -0.3 is 9.47 Å². The minimum atomic E-state index is 0.128. The van der Waals surface area contributed by atoms with Crippen LogP contribution in [0.15, 0.2) is 24.3 Å². The molecular weight excluding hydrogens is 238 g/mol. The Morgan fingerprint density at radius 2 is 2.05 bits per heavy atom. The number of amides is 1. The lowest BCUT2D eigenvalue weighted by molar-refractivity contribution is -0.130. The molecule has 1 heterocycles. The molecule has 0 aliphatic carbocycles. The number of carbonyl (C=O) groups is 1. The third-order valence-electron chi connectivity index (χ3n) is 3.40. The molecule has 1 amide bonds. The number of likely N-dealkylation sites (N-methyl/N-ethyl adjacent to an activating group) is 1. The van der Waals surface area contributed by atoms with Crippen LogP contribution in [-0.2, 0) is 17.8 Å². The third kappa shape index (κ3) is 2.78. The zero-order chi connectivity index (χ0) is 13.8. The van der Waals surface area contributed by atoms with Gasteiger partial charge in [0.05, 0.1) is 11.0 Å². The molecule has 0 unspecified atom stereocenters. The Bertz CT molecular complexity index is 574. The number of aromatic nitrogens is 2. The van der Waals surface area contributed by atoms with E-state index in [-0.39, 0.29) is 5.91 Å². The van der Waals surface area contributed by atoms with Crippen LogP contribution in [0.3, 0.4) is 0 Å². The maximum absolute atomic E-state index is 12.1. The summed E-state index contributed by atoms with van der Waals surface area (Å²) < 4.78 is 2.05. The van der Waals surface area contributed by atoms with Crippen molar-refractivity contribution < 1.29 is 4.79 Å². The van der Waals surface area contributed by atoms with Crippen molar-refractivity contribution in [2.24, 2.45) is 0 Å². The van der Waals surface area contributed by atoms with Crippen molar-refractivity contribution in [3.63, 3.8) is 0 Å². The number of rotatable bonds is 5. The number of aryl methyl sites for hydroxylation is 1. The average molecular weight is 259 g/mol. The normalized spacial score (nSPS) is 10.9. The molecular formula is C15H21N3O. The summed E-state index contributed by atoms with van der Waals surface area (Å²) in [6, 6.07) is 8.00. The Hall–Kier alpha value is -1.84. The lowest BCUT2D eigenvalue weighted by Crippen LogP contribution is -2.30. The summed E-state index contributed by atoms with van der Waals surface area (Å²) >= 11 is 0. The van der Waals surface area contributed by atoms with Gasteiger partial charge >= 0.3 is 0 Å². The molecule has 2 rings (SSSR count). The summed E-state index contributed by atoms with van der Waals surface area (Å²) in [5, 5.41) is 0. The number of hydrogen-bond acceptors (Lipinski definition) is 2. The monoisotopic (exact) mass is 259 g/mol. The zero-order valence-corrected chi connectivity index (χ0v) is 11.9. The van der Waals surface area contributed by atoms with E-state index in [1.54, 1.807) is 4.90 Å². The molecule has 0 aliphatic heterocycles. The van der Waals surface area contributed by atoms with E-state index >= 15 is 0 Å². The van der Waals surface area contributed by atoms with Crippen molar-refractivity contribution in [2.75, 3.05) is 13.6 Å². The van der Waals surface area contributed by atoms with Gasteiger partial charge in [-0.3, -0.25) is 4.79 Å². The first-order valence-corrected chi connectivity index (χ1v) is 6.85. The molecule has 0 atom stereocenters. The minimum absolute atomic E-state index is 0.128. The fraction of sp³-hybridized carbons (Fsp3) is 0.467. The van der Waals surface area contributed by atoms with Gasteiger partial charge in [0, 0.05) is 20.0 Å². The van der Waals surface area contributed by atoms with Crippen LogP contribution in [0.1, 0.15) is 26.1 Å². The van der Waals surface area contributed by atoms with Crippen molar-refractivity contribution in [2.45, 2.75) is 33.2 Å². The Morgan fingerprint density at radius 3 is 2.74 bits per heavy atom.